The lowest BCUT2D eigenvalue weighted by Gasteiger charge is -2.14. The Bertz CT molecular complexity index is 988. The first-order valence-electron chi connectivity index (χ1n) is 9.56. The number of hydrogen-bond acceptors (Lipinski definition) is 5. The number of para-hydroxylation sites is 1. The van der Waals surface area contributed by atoms with Crippen LogP contribution in [0.25, 0.3) is 0 Å². The molecule has 3 aromatic rings. The number of ether oxygens (including phenoxy) is 2. The summed E-state index contributed by atoms with van der Waals surface area (Å²) in [4.78, 5) is 9.94. The summed E-state index contributed by atoms with van der Waals surface area (Å²) >= 11 is 0. The maximum atomic E-state index is 12.2. The van der Waals surface area contributed by atoms with Crippen molar-refractivity contribution in [3.63, 3.8) is 0 Å². The minimum Gasteiger partial charge on any atom is -0.497 e. The van der Waals surface area contributed by atoms with Crippen LogP contribution in [0, 0.1) is 0 Å². The van der Waals surface area contributed by atoms with Crippen molar-refractivity contribution in [2.75, 3.05) is 14.2 Å². The quantitative estimate of drug-likeness (QED) is 0.434. The molecule has 0 saturated carbocycles. The molecule has 0 aromatic heterocycles. The van der Waals surface area contributed by atoms with Gasteiger partial charge in [-0.3, -0.25) is 4.89 Å². The lowest BCUT2D eigenvalue weighted by atomic mass is 10.0. The van der Waals surface area contributed by atoms with Crippen molar-refractivity contribution in [2.45, 2.75) is 19.3 Å². The topological polar surface area (TPSA) is 74.2 Å². The van der Waals surface area contributed by atoms with Gasteiger partial charge < -0.3 is 18.5 Å². The molecule has 30 heavy (non-hydrogen) atoms. The first-order valence-corrected chi connectivity index (χ1v) is 11.1. The fourth-order valence-corrected chi connectivity index (χ4v) is 3.84. The van der Waals surface area contributed by atoms with E-state index in [0.29, 0.717) is 0 Å². The average Bonchev–Trinajstić information content (AvgIpc) is 2.75. The molecule has 6 nitrogen and oxygen atoms in total. The molecular formula is C23H25O6P. The van der Waals surface area contributed by atoms with E-state index in [9.17, 15) is 9.46 Å². The minimum atomic E-state index is -4.25. The third kappa shape index (κ3) is 6.28. The van der Waals surface area contributed by atoms with Crippen LogP contribution in [-0.2, 0) is 17.4 Å². The van der Waals surface area contributed by atoms with Crippen molar-refractivity contribution in [1.82, 2.24) is 0 Å². The van der Waals surface area contributed by atoms with Crippen molar-refractivity contribution in [1.29, 1.82) is 0 Å². The number of methoxy groups -OCH3 is 2. The van der Waals surface area contributed by atoms with Gasteiger partial charge in [0.2, 0.25) is 0 Å². The molecule has 3 rings (SSSR count). The highest BCUT2D eigenvalue weighted by molar-refractivity contribution is 7.48. The minimum absolute atomic E-state index is 0.272. The van der Waals surface area contributed by atoms with Crippen molar-refractivity contribution in [2.24, 2.45) is 0 Å². The zero-order valence-electron chi connectivity index (χ0n) is 17.0. The zero-order chi connectivity index (χ0) is 21.4. The van der Waals surface area contributed by atoms with Crippen LogP contribution >= 0.6 is 7.82 Å². The zero-order valence-corrected chi connectivity index (χ0v) is 17.9. The molecule has 0 saturated heterocycles. The molecule has 0 fully saturated rings. The van der Waals surface area contributed by atoms with E-state index in [4.69, 9.17) is 18.5 Å². The van der Waals surface area contributed by atoms with Crippen LogP contribution < -0.4 is 18.5 Å². The van der Waals surface area contributed by atoms with E-state index >= 15 is 0 Å². The van der Waals surface area contributed by atoms with E-state index in [-0.39, 0.29) is 11.5 Å². The molecule has 0 aliphatic rings. The lowest BCUT2D eigenvalue weighted by Crippen LogP contribution is -2.00. The molecule has 0 amide bonds. The molecule has 0 radical (unpaired) electrons. The highest BCUT2D eigenvalue weighted by Gasteiger charge is 2.24. The van der Waals surface area contributed by atoms with Gasteiger partial charge in [-0.05, 0) is 60.7 Å². The van der Waals surface area contributed by atoms with Gasteiger partial charge in [-0.1, -0.05) is 36.4 Å². The van der Waals surface area contributed by atoms with Crippen LogP contribution in [0.2, 0.25) is 0 Å². The van der Waals surface area contributed by atoms with Gasteiger partial charge in [0.05, 0.1) is 14.2 Å². The number of rotatable bonds is 10. The smallest absolute Gasteiger partial charge is 0.497 e. The summed E-state index contributed by atoms with van der Waals surface area (Å²) in [6, 6.07) is 21.3. The molecule has 1 unspecified atom stereocenters. The van der Waals surface area contributed by atoms with Gasteiger partial charge >= 0.3 is 7.82 Å². The molecule has 7 heteroatoms. The molecule has 1 N–H and O–H groups in total. The lowest BCUT2D eigenvalue weighted by molar-refractivity contribution is 0.291. The Hall–Kier alpha value is -2.95. The van der Waals surface area contributed by atoms with Crippen LogP contribution in [-0.4, -0.2) is 19.1 Å². The molecule has 0 aliphatic carbocycles. The molecular weight excluding hydrogens is 403 g/mol. The highest BCUT2D eigenvalue weighted by Crippen LogP contribution is 2.44. The third-order valence-corrected chi connectivity index (χ3v) is 5.40. The summed E-state index contributed by atoms with van der Waals surface area (Å²) in [5, 5.41) is 0. The van der Waals surface area contributed by atoms with E-state index in [0.717, 1.165) is 41.9 Å². The van der Waals surface area contributed by atoms with E-state index in [1.54, 1.807) is 56.7 Å². The van der Waals surface area contributed by atoms with Gasteiger partial charge in [0, 0.05) is 6.07 Å². The van der Waals surface area contributed by atoms with Crippen molar-refractivity contribution in [3.8, 4) is 23.0 Å². The largest absolute Gasteiger partial charge is 0.584 e. The SMILES string of the molecule is COc1ccc(CCCc2ccc(OP(=O)(O)Oc3ccccc3)cc2)c(OC)c1. The number of hydrogen-bond donors (Lipinski definition) is 1. The first kappa shape index (κ1) is 21.8. The maximum Gasteiger partial charge on any atom is 0.584 e. The van der Waals surface area contributed by atoms with Crippen LogP contribution in [0.15, 0.2) is 72.8 Å². The Morgan fingerprint density at radius 2 is 1.40 bits per heavy atom. The molecule has 3 aromatic carbocycles. The molecule has 0 bridgehead atoms. The van der Waals surface area contributed by atoms with Gasteiger partial charge in [-0.2, -0.15) is 0 Å². The van der Waals surface area contributed by atoms with E-state index < -0.39 is 7.82 Å². The van der Waals surface area contributed by atoms with Gasteiger partial charge in [-0.15, -0.1) is 0 Å². The second-order valence-corrected chi connectivity index (χ2v) is 7.94. The second-order valence-electron chi connectivity index (χ2n) is 6.64. The third-order valence-electron chi connectivity index (χ3n) is 4.51. The van der Waals surface area contributed by atoms with E-state index in [1.807, 2.05) is 30.3 Å². The van der Waals surface area contributed by atoms with E-state index in [1.165, 1.54) is 0 Å². The fraction of sp³-hybridized carbons (Fsp3) is 0.217. The maximum absolute atomic E-state index is 12.2. The highest BCUT2D eigenvalue weighted by atomic mass is 31.2. The predicted octanol–water partition coefficient (Wildman–Crippen LogP) is 5.44. The Kier molecular flexibility index (Phi) is 7.39. The van der Waals surface area contributed by atoms with Crippen molar-refractivity contribution in [3.05, 3.63) is 83.9 Å². The summed E-state index contributed by atoms with van der Waals surface area (Å²) in [5.74, 6) is 2.13. The molecule has 0 spiro atoms. The molecule has 0 heterocycles. The van der Waals surface area contributed by atoms with E-state index in [2.05, 4.69) is 0 Å². The standard InChI is InChI=1S/C23H25O6P/c1-26-22-16-13-19(23(17-22)27-2)8-6-7-18-11-14-21(15-12-18)29-30(24,25)28-20-9-4-3-5-10-20/h3-5,9-17H,6-8H2,1-2H3,(H,24,25). The summed E-state index contributed by atoms with van der Waals surface area (Å²) in [5.41, 5.74) is 2.23. The van der Waals surface area contributed by atoms with Gasteiger partial charge in [0.1, 0.15) is 23.0 Å². The number of phosphoric ester groups is 1. The fourth-order valence-electron chi connectivity index (χ4n) is 3.02. The monoisotopic (exact) mass is 428 g/mol. The number of phosphoric acid groups is 1. The van der Waals surface area contributed by atoms with Crippen LogP contribution in [0.3, 0.4) is 0 Å². The normalized spacial score (nSPS) is 12.6. The van der Waals surface area contributed by atoms with Crippen LogP contribution in [0.5, 0.6) is 23.0 Å². The van der Waals surface area contributed by atoms with Crippen molar-refractivity contribution >= 4 is 7.82 Å². The summed E-state index contributed by atoms with van der Waals surface area (Å²) < 4.78 is 33.0. The van der Waals surface area contributed by atoms with Gasteiger partial charge in [-0.25, -0.2) is 4.57 Å². The number of aryl methyl sites for hydroxylation is 2. The molecule has 0 aliphatic heterocycles. The Morgan fingerprint density at radius 1 is 0.767 bits per heavy atom. The van der Waals surface area contributed by atoms with Crippen molar-refractivity contribution < 1.29 is 28.0 Å². The Balaban J connectivity index is 1.53. The second kappa shape index (κ2) is 10.2. The summed E-state index contributed by atoms with van der Waals surface area (Å²) in [6.45, 7) is 0. The average molecular weight is 428 g/mol. The predicted molar refractivity (Wildman–Crippen MR) is 116 cm³/mol. The summed E-state index contributed by atoms with van der Waals surface area (Å²) in [6.07, 6.45) is 2.65. The first-order chi connectivity index (χ1) is 14.5. The molecule has 158 valence electrons. The Labute approximate surface area is 176 Å². The molecule has 1 atom stereocenters. The Morgan fingerprint density at radius 3 is 2.03 bits per heavy atom. The van der Waals surface area contributed by atoms with Gasteiger partial charge in [0.15, 0.2) is 0 Å². The van der Waals surface area contributed by atoms with Crippen LogP contribution in [0.1, 0.15) is 17.5 Å². The van der Waals surface area contributed by atoms with Gasteiger partial charge in [0.25, 0.3) is 0 Å². The number of benzene rings is 3. The van der Waals surface area contributed by atoms with Crippen LogP contribution in [0.4, 0.5) is 0 Å². The summed E-state index contributed by atoms with van der Waals surface area (Å²) in [7, 11) is -0.971.